The Morgan fingerprint density at radius 2 is 1.94 bits per heavy atom. The highest BCUT2D eigenvalue weighted by Crippen LogP contribution is 2.40. The second kappa shape index (κ2) is 9.71. The second-order valence-electron chi connectivity index (χ2n) is 9.35. The number of rotatable bonds is 5. The molecule has 2 saturated heterocycles. The minimum atomic E-state index is -4.61. The van der Waals surface area contributed by atoms with E-state index in [-0.39, 0.29) is 23.3 Å². The van der Waals surface area contributed by atoms with Crippen molar-refractivity contribution in [3.8, 4) is 6.07 Å². The number of nitrogens with zero attached hydrogens (tertiary/aromatic N) is 4. The zero-order chi connectivity index (χ0) is 24.5. The molecule has 1 N–H and O–H groups in total. The molecular weight excluding hydrogens is 443 g/mol. The molecular formula is C25H30F3N5O. The van der Waals surface area contributed by atoms with Crippen LogP contribution >= 0.6 is 0 Å². The van der Waals surface area contributed by atoms with Crippen molar-refractivity contribution < 1.29 is 18.0 Å². The lowest BCUT2D eigenvalue weighted by atomic mass is 9.78. The standard InChI is InChI=1S/C25H30F3N5O/c1-30-24(34)22-16-33(19-6-5-18(13-29)23(12-19)25(26,27)28)15-21(22)17-7-10-32(11-8-17)14-20-4-3-9-31(20)2/h3-6,9,12,17,21-22H,7-8,10-11,14-16H2,1-2H3,(H,30,34)/t21-,22+/m0/s1. The molecule has 182 valence electrons. The molecule has 9 heteroatoms. The molecule has 0 bridgehead atoms. The van der Waals surface area contributed by atoms with Crippen molar-refractivity contribution in [3.63, 3.8) is 0 Å². The van der Waals surface area contributed by atoms with Gasteiger partial charge in [-0.15, -0.1) is 0 Å². The van der Waals surface area contributed by atoms with Crippen LogP contribution in [0.15, 0.2) is 36.5 Å². The Morgan fingerprint density at radius 1 is 1.21 bits per heavy atom. The quantitative estimate of drug-likeness (QED) is 0.721. The summed E-state index contributed by atoms with van der Waals surface area (Å²) in [5.41, 5.74) is 0.348. The van der Waals surface area contributed by atoms with E-state index in [0.29, 0.717) is 24.7 Å². The van der Waals surface area contributed by atoms with Crippen molar-refractivity contribution in [2.24, 2.45) is 24.8 Å². The van der Waals surface area contributed by atoms with Crippen LogP contribution in [-0.4, -0.2) is 48.6 Å². The van der Waals surface area contributed by atoms with E-state index in [1.165, 1.54) is 11.8 Å². The summed E-state index contributed by atoms with van der Waals surface area (Å²) in [5.74, 6) is 0.0578. The van der Waals surface area contributed by atoms with Gasteiger partial charge in [0, 0.05) is 51.3 Å². The van der Waals surface area contributed by atoms with E-state index < -0.39 is 11.7 Å². The smallest absolute Gasteiger partial charge is 0.370 e. The average molecular weight is 474 g/mol. The van der Waals surface area contributed by atoms with Gasteiger partial charge in [0.15, 0.2) is 0 Å². The Kier molecular flexibility index (Phi) is 6.89. The van der Waals surface area contributed by atoms with Gasteiger partial charge in [0.1, 0.15) is 0 Å². The van der Waals surface area contributed by atoms with E-state index >= 15 is 0 Å². The van der Waals surface area contributed by atoms with Crippen molar-refractivity contribution in [2.45, 2.75) is 25.6 Å². The SMILES string of the molecule is CNC(=O)[C@@H]1CN(c2ccc(C#N)c(C(F)(F)F)c2)C[C@H]1C1CCN(Cc2cccn2C)CC1. The van der Waals surface area contributed by atoms with Crippen LogP contribution < -0.4 is 10.2 Å². The highest BCUT2D eigenvalue weighted by molar-refractivity contribution is 5.80. The molecule has 2 aliphatic rings. The van der Waals surface area contributed by atoms with Gasteiger partial charge in [-0.25, -0.2) is 0 Å². The molecule has 0 unspecified atom stereocenters. The third-order valence-corrected chi connectivity index (χ3v) is 7.42. The number of piperidine rings is 1. The van der Waals surface area contributed by atoms with E-state index in [0.717, 1.165) is 38.5 Å². The highest BCUT2D eigenvalue weighted by Gasteiger charge is 2.43. The molecule has 1 aromatic heterocycles. The summed E-state index contributed by atoms with van der Waals surface area (Å²) in [6.07, 6.45) is -0.655. The molecule has 2 atom stereocenters. The minimum absolute atomic E-state index is 0.0663. The normalized spacial score (nSPS) is 22.1. The fourth-order valence-corrected chi connectivity index (χ4v) is 5.47. The van der Waals surface area contributed by atoms with E-state index in [1.54, 1.807) is 19.2 Å². The van der Waals surface area contributed by atoms with Crippen LogP contribution in [0.5, 0.6) is 0 Å². The first-order chi connectivity index (χ1) is 16.2. The lowest BCUT2D eigenvalue weighted by molar-refractivity contribution is -0.137. The number of nitrogens with one attached hydrogen (secondary N) is 1. The zero-order valence-electron chi connectivity index (χ0n) is 19.5. The van der Waals surface area contributed by atoms with Crippen LogP contribution in [0, 0.1) is 29.1 Å². The number of likely N-dealkylation sites (tertiary alicyclic amines) is 1. The maximum absolute atomic E-state index is 13.5. The van der Waals surface area contributed by atoms with Crippen LogP contribution in [0.3, 0.4) is 0 Å². The average Bonchev–Trinajstić information content (AvgIpc) is 3.45. The van der Waals surface area contributed by atoms with Gasteiger partial charge in [-0.3, -0.25) is 9.69 Å². The molecule has 0 saturated carbocycles. The predicted octanol–water partition coefficient (Wildman–Crippen LogP) is 3.63. The highest BCUT2D eigenvalue weighted by atomic mass is 19.4. The van der Waals surface area contributed by atoms with Gasteiger partial charge in [-0.05, 0) is 68.1 Å². The number of halogens is 3. The number of nitriles is 1. The van der Waals surface area contributed by atoms with E-state index in [1.807, 2.05) is 24.2 Å². The van der Waals surface area contributed by atoms with Gasteiger partial charge in [-0.2, -0.15) is 18.4 Å². The number of carbonyl (C=O) groups is 1. The summed E-state index contributed by atoms with van der Waals surface area (Å²) < 4.78 is 42.6. The third kappa shape index (κ3) is 4.92. The molecule has 6 nitrogen and oxygen atoms in total. The first kappa shape index (κ1) is 24.1. The fourth-order valence-electron chi connectivity index (χ4n) is 5.47. The van der Waals surface area contributed by atoms with Gasteiger partial charge in [0.05, 0.1) is 23.1 Å². The number of benzene rings is 1. The summed E-state index contributed by atoms with van der Waals surface area (Å²) in [4.78, 5) is 17.0. The molecule has 1 amide bonds. The van der Waals surface area contributed by atoms with Crippen molar-refractivity contribution in [3.05, 3.63) is 53.3 Å². The molecule has 0 spiro atoms. The Morgan fingerprint density at radius 3 is 2.53 bits per heavy atom. The number of anilines is 1. The number of aromatic nitrogens is 1. The van der Waals surface area contributed by atoms with Gasteiger partial charge in [-0.1, -0.05) is 0 Å². The van der Waals surface area contributed by atoms with Crippen LogP contribution in [-0.2, 0) is 24.6 Å². The van der Waals surface area contributed by atoms with E-state index in [9.17, 15) is 18.0 Å². The maximum Gasteiger partial charge on any atom is 0.417 e. The first-order valence-electron chi connectivity index (χ1n) is 11.6. The largest absolute Gasteiger partial charge is 0.417 e. The van der Waals surface area contributed by atoms with Gasteiger partial charge in [0.25, 0.3) is 0 Å². The number of carbonyl (C=O) groups excluding carboxylic acids is 1. The summed E-state index contributed by atoms with van der Waals surface area (Å²) in [5, 5.41) is 11.8. The Hall–Kier alpha value is -2.99. The van der Waals surface area contributed by atoms with Gasteiger partial charge < -0.3 is 14.8 Å². The third-order valence-electron chi connectivity index (χ3n) is 7.42. The molecule has 2 aromatic rings. The number of hydrogen-bond acceptors (Lipinski definition) is 4. The molecule has 0 aliphatic carbocycles. The topological polar surface area (TPSA) is 64.3 Å². The van der Waals surface area contributed by atoms with E-state index in [4.69, 9.17) is 5.26 Å². The number of alkyl halides is 3. The molecule has 4 rings (SSSR count). The second-order valence-corrected chi connectivity index (χ2v) is 9.35. The maximum atomic E-state index is 13.5. The summed E-state index contributed by atoms with van der Waals surface area (Å²) >= 11 is 0. The van der Waals surface area contributed by atoms with Crippen molar-refractivity contribution in [1.29, 1.82) is 5.26 Å². The summed E-state index contributed by atoms with van der Waals surface area (Å²) in [6, 6.07) is 9.62. The molecule has 34 heavy (non-hydrogen) atoms. The van der Waals surface area contributed by atoms with Crippen molar-refractivity contribution >= 4 is 11.6 Å². The summed E-state index contributed by atoms with van der Waals surface area (Å²) in [7, 11) is 3.64. The van der Waals surface area contributed by atoms with Crippen LogP contribution in [0.4, 0.5) is 18.9 Å². The molecule has 1 aromatic carbocycles. The Labute approximate surface area is 197 Å². The molecule has 2 aliphatic heterocycles. The summed E-state index contributed by atoms with van der Waals surface area (Å²) in [6.45, 7) is 3.65. The Bertz CT molecular complexity index is 1070. The fraction of sp³-hybridized carbons (Fsp3) is 0.520. The van der Waals surface area contributed by atoms with Crippen LogP contribution in [0.2, 0.25) is 0 Å². The lowest BCUT2D eigenvalue weighted by Gasteiger charge is -2.36. The molecule has 3 heterocycles. The predicted molar refractivity (Wildman–Crippen MR) is 123 cm³/mol. The Balaban J connectivity index is 1.48. The van der Waals surface area contributed by atoms with Gasteiger partial charge >= 0.3 is 6.18 Å². The van der Waals surface area contributed by atoms with Crippen molar-refractivity contribution in [2.75, 3.05) is 38.1 Å². The number of aryl methyl sites for hydroxylation is 1. The minimum Gasteiger partial charge on any atom is -0.370 e. The van der Waals surface area contributed by atoms with Gasteiger partial charge in [0.2, 0.25) is 5.91 Å². The number of amides is 1. The molecule has 0 radical (unpaired) electrons. The first-order valence-corrected chi connectivity index (χ1v) is 11.6. The molecule has 2 fully saturated rings. The van der Waals surface area contributed by atoms with Crippen LogP contribution in [0.25, 0.3) is 0 Å². The number of hydrogen-bond donors (Lipinski definition) is 1. The lowest BCUT2D eigenvalue weighted by Crippen LogP contribution is -2.40. The van der Waals surface area contributed by atoms with Crippen molar-refractivity contribution in [1.82, 2.24) is 14.8 Å². The van der Waals surface area contributed by atoms with Crippen LogP contribution in [0.1, 0.15) is 29.7 Å². The monoisotopic (exact) mass is 473 g/mol. The van der Waals surface area contributed by atoms with E-state index in [2.05, 4.69) is 20.9 Å². The zero-order valence-corrected chi connectivity index (χ0v) is 19.5.